The average molecular weight is 425 g/mol. The van der Waals surface area contributed by atoms with Gasteiger partial charge in [0.2, 0.25) is 6.79 Å². The van der Waals surface area contributed by atoms with Gasteiger partial charge in [-0.2, -0.15) is 0 Å². The van der Waals surface area contributed by atoms with E-state index in [0.717, 1.165) is 17.1 Å². The summed E-state index contributed by atoms with van der Waals surface area (Å²) in [6, 6.07) is 14.9. The number of carbonyl (C=O) groups excluding carboxylic acids is 1. The van der Waals surface area contributed by atoms with E-state index >= 15 is 0 Å². The van der Waals surface area contributed by atoms with Crippen molar-refractivity contribution in [2.75, 3.05) is 33.0 Å². The van der Waals surface area contributed by atoms with Gasteiger partial charge in [0.25, 0.3) is 0 Å². The molecule has 6 nitrogen and oxygen atoms in total. The van der Waals surface area contributed by atoms with Crippen LogP contribution in [0, 0.1) is 0 Å². The van der Waals surface area contributed by atoms with Gasteiger partial charge in [-0.15, -0.1) is 12.4 Å². The molecule has 150 valence electrons. The minimum atomic E-state index is -0.314. The molecular formula is C20H22Cl2N2O4. The number of hydrogen-bond acceptors (Lipinski definition) is 6. The fourth-order valence-corrected chi connectivity index (χ4v) is 3.53. The van der Waals surface area contributed by atoms with Gasteiger partial charge >= 0.3 is 0 Å². The molecule has 0 amide bonds. The minimum absolute atomic E-state index is 0. The van der Waals surface area contributed by atoms with Crippen LogP contribution in [-0.2, 0) is 11.3 Å². The van der Waals surface area contributed by atoms with Gasteiger partial charge in [0.1, 0.15) is 12.4 Å². The number of para-hydroxylation sites is 1. The average Bonchev–Trinajstić information content (AvgIpc) is 3.16. The van der Waals surface area contributed by atoms with Gasteiger partial charge < -0.3 is 14.2 Å². The Morgan fingerprint density at radius 3 is 2.71 bits per heavy atom. The lowest BCUT2D eigenvalue weighted by molar-refractivity contribution is -0.128. The number of halogens is 2. The van der Waals surface area contributed by atoms with Gasteiger partial charge in [-0.3, -0.25) is 9.69 Å². The molecule has 1 fully saturated rings. The largest absolute Gasteiger partial charge is 0.486 e. The summed E-state index contributed by atoms with van der Waals surface area (Å²) in [7, 11) is 0. The molecule has 0 aliphatic carbocycles. The Morgan fingerprint density at radius 1 is 1.11 bits per heavy atom. The standard InChI is InChI=1S/C20H21ClN2O4.ClH/c21-23-9-8-22(11-15-6-7-19-20(10-15)27-14-26-19)17(12-23)18(24)13-25-16-4-2-1-3-5-16;/h1-7,10,17H,8-9,11-14H2;1H. The lowest BCUT2D eigenvalue weighted by Crippen LogP contribution is -2.54. The Balaban J connectivity index is 0.00000225. The van der Waals surface area contributed by atoms with E-state index in [1.165, 1.54) is 0 Å². The third-order valence-electron chi connectivity index (χ3n) is 4.76. The molecule has 0 saturated carbocycles. The summed E-state index contributed by atoms with van der Waals surface area (Å²) in [6.07, 6.45) is 0. The van der Waals surface area contributed by atoms with Crippen LogP contribution in [0.1, 0.15) is 5.56 Å². The van der Waals surface area contributed by atoms with E-state index in [1.807, 2.05) is 48.5 Å². The number of nitrogens with zero attached hydrogens (tertiary/aromatic N) is 2. The molecule has 2 aliphatic rings. The highest BCUT2D eigenvalue weighted by Crippen LogP contribution is 2.33. The quantitative estimate of drug-likeness (QED) is 0.663. The number of ether oxygens (including phenoxy) is 3. The third-order valence-corrected chi connectivity index (χ3v) is 5.07. The summed E-state index contributed by atoms with van der Waals surface area (Å²) in [5, 5.41) is 0. The number of ketones is 1. The predicted molar refractivity (Wildman–Crippen MR) is 108 cm³/mol. The summed E-state index contributed by atoms with van der Waals surface area (Å²) in [6.45, 7) is 2.81. The maximum atomic E-state index is 12.8. The summed E-state index contributed by atoms with van der Waals surface area (Å²) >= 11 is 6.19. The zero-order valence-corrected chi connectivity index (χ0v) is 16.8. The van der Waals surface area contributed by atoms with E-state index < -0.39 is 0 Å². The molecule has 8 heteroatoms. The molecule has 0 radical (unpaired) electrons. The van der Waals surface area contributed by atoms with E-state index in [1.54, 1.807) is 4.42 Å². The fraction of sp³-hybridized carbons (Fsp3) is 0.350. The molecule has 2 heterocycles. The van der Waals surface area contributed by atoms with Crippen molar-refractivity contribution >= 4 is 30.0 Å². The molecule has 0 bridgehead atoms. The van der Waals surface area contributed by atoms with Crippen LogP contribution in [0.5, 0.6) is 17.2 Å². The molecule has 2 aromatic carbocycles. The second-order valence-corrected chi connectivity index (χ2v) is 7.09. The molecule has 2 aromatic rings. The van der Waals surface area contributed by atoms with Crippen LogP contribution < -0.4 is 14.2 Å². The SMILES string of the molecule is Cl.O=C(COc1ccccc1)C1CN(Cl)CCN1Cc1ccc2c(c1)OCO2. The Labute approximate surface area is 175 Å². The van der Waals surface area contributed by atoms with Crippen LogP contribution in [-0.4, -0.2) is 54.2 Å². The summed E-state index contributed by atoms with van der Waals surface area (Å²) in [5.41, 5.74) is 1.07. The maximum absolute atomic E-state index is 12.8. The van der Waals surface area contributed by atoms with Gasteiger partial charge in [0.05, 0.1) is 6.04 Å². The van der Waals surface area contributed by atoms with Crippen molar-refractivity contribution in [2.45, 2.75) is 12.6 Å². The Hall–Kier alpha value is -1.99. The van der Waals surface area contributed by atoms with Crippen LogP contribution in [0.25, 0.3) is 0 Å². The molecule has 4 rings (SSSR count). The number of piperazine rings is 1. The molecule has 1 unspecified atom stereocenters. The second kappa shape index (κ2) is 9.47. The van der Waals surface area contributed by atoms with Gasteiger partial charge in [0.15, 0.2) is 17.3 Å². The van der Waals surface area contributed by atoms with Crippen molar-refractivity contribution in [1.82, 2.24) is 9.32 Å². The molecule has 0 spiro atoms. The van der Waals surface area contributed by atoms with E-state index in [-0.39, 0.29) is 37.6 Å². The number of rotatable bonds is 6. The highest BCUT2D eigenvalue weighted by Gasteiger charge is 2.32. The van der Waals surface area contributed by atoms with E-state index in [0.29, 0.717) is 31.9 Å². The number of fused-ring (bicyclic) bond motifs is 1. The first-order valence-electron chi connectivity index (χ1n) is 8.93. The highest BCUT2D eigenvalue weighted by atomic mass is 35.5. The van der Waals surface area contributed by atoms with E-state index in [4.69, 9.17) is 26.0 Å². The zero-order chi connectivity index (χ0) is 18.6. The maximum Gasteiger partial charge on any atom is 0.231 e. The second-order valence-electron chi connectivity index (χ2n) is 6.61. The van der Waals surface area contributed by atoms with Gasteiger partial charge in [-0.05, 0) is 41.6 Å². The Morgan fingerprint density at radius 2 is 1.89 bits per heavy atom. The lowest BCUT2D eigenvalue weighted by Gasteiger charge is -2.37. The molecule has 0 aromatic heterocycles. The molecule has 0 N–H and O–H groups in total. The van der Waals surface area contributed by atoms with Crippen molar-refractivity contribution in [3.05, 3.63) is 54.1 Å². The summed E-state index contributed by atoms with van der Waals surface area (Å²) in [4.78, 5) is 15.0. The van der Waals surface area contributed by atoms with E-state index in [9.17, 15) is 4.79 Å². The highest BCUT2D eigenvalue weighted by molar-refractivity contribution is 6.13. The van der Waals surface area contributed by atoms with E-state index in [2.05, 4.69) is 4.90 Å². The van der Waals surface area contributed by atoms with Crippen LogP contribution in [0.15, 0.2) is 48.5 Å². The first-order valence-corrected chi connectivity index (χ1v) is 9.27. The van der Waals surface area contributed by atoms with Crippen molar-refractivity contribution in [3.8, 4) is 17.2 Å². The van der Waals surface area contributed by atoms with Crippen LogP contribution in [0.2, 0.25) is 0 Å². The summed E-state index contributed by atoms with van der Waals surface area (Å²) in [5.74, 6) is 2.21. The van der Waals surface area contributed by atoms with Crippen LogP contribution in [0.4, 0.5) is 0 Å². The van der Waals surface area contributed by atoms with Gasteiger partial charge in [-0.25, -0.2) is 4.42 Å². The smallest absolute Gasteiger partial charge is 0.231 e. The summed E-state index contributed by atoms with van der Waals surface area (Å²) < 4.78 is 18.1. The topological polar surface area (TPSA) is 51.2 Å². The van der Waals surface area contributed by atoms with Crippen molar-refractivity contribution in [2.24, 2.45) is 0 Å². The number of hydrogen-bond donors (Lipinski definition) is 0. The number of carbonyl (C=O) groups is 1. The Bertz CT molecular complexity index is 806. The first kappa shape index (κ1) is 20.7. The third kappa shape index (κ3) is 4.89. The van der Waals surface area contributed by atoms with Crippen molar-refractivity contribution < 1.29 is 19.0 Å². The fourth-order valence-electron chi connectivity index (χ4n) is 3.32. The van der Waals surface area contributed by atoms with Crippen molar-refractivity contribution in [1.29, 1.82) is 0 Å². The molecule has 28 heavy (non-hydrogen) atoms. The van der Waals surface area contributed by atoms with Gasteiger partial charge in [0, 0.05) is 26.2 Å². The number of benzene rings is 2. The van der Waals surface area contributed by atoms with Crippen molar-refractivity contribution in [3.63, 3.8) is 0 Å². The minimum Gasteiger partial charge on any atom is -0.486 e. The first-order chi connectivity index (χ1) is 13.2. The zero-order valence-electron chi connectivity index (χ0n) is 15.3. The molecule has 1 saturated heterocycles. The van der Waals surface area contributed by atoms with Crippen LogP contribution >= 0.6 is 24.2 Å². The molecular weight excluding hydrogens is 403 g/mol. The predicted octanol–water partition coefficient (Wildman–Crippen LogP) is 3.13. The monoisotopic (exact) mass is 424 g/mol. The number of Topliss-reactive ketones (excluding diaryl/α,β-unsaturated/α-hetero) is 1. The Kier molecular flexibility index (Phi) is 7.02. The van der Waals surface area contributed by atoms with Crippen LogP contribution in [0.3, 0.4) is 0 Å². The normalized spacial score (nSPS) is 19.1. The molecule has 2 aliphatic heterocycles. The molecule has 1 atom stereocenters. The lowest BCUT2D eigenvalue weighted by atomic mass is 10.1. The van der Waals surface area contributed by atoms with Gasteiger partial charge in [-0.1, -0.05) is 24.3 Å².